The van der Waals surface area contributed by atoms with E-state index in [4.69, 9.17) is 17.3 Å². The van der Waals surface area contributed by atoms with E-state index in [-0.39, 0.29) is 0 Å². The fraction of sp³-hybridized carbons (Fsp3) is 0. The molecule has 0 atom stereocenters. The van der Waals surface area contributed by atoms with Gasteiger partial charge in [-0.05, 0) is 46.3 Å². The van der Waals surface area contributed by atoms with E-state index in [1.54, 1.807) is 12.4 Å². The van der Waals surface area contributed by atoms with Gasteiger partial charge in [0.1, 0.15) is 0 Å². The van der Waals surface area contributed by atoms with Gasteiger partial charge in [0.05, 0.1) is 15.2 Å². The SMILES string of the molecule is Nc1ccc(Nc2cccc(Cl)c2Br)c2cnccc12. The summed E-state index contributed by atoms with van der Waals surface area (Å²) in [4.78, 5) is 4.16. The average Bonchev–Trinajstić information content (AvgIpc) is 2.47. The fourth-order valence-corrected chi connectivity index (χ4v) is 2.61. The predicted molar refractivity (Wildman–Crippen MR) is 88.6 cm³/mol. The molecule has 0 radical (unpaired) electrons. The van der Waals surface area contributed by atoms with Gasteiger partial charge in [-0.2, -0.15) is 0 Å². The summed E-state index contributed by atoms with van der Waals surface area (Å²) in [7, 11) is 0. The van der Waals surface area contributed by atoms with Crippen LogP contribution < -0.4 is 11.1 Å². The van der Waals surface area contributed by atoms with Crippen molar-refractivity contribution in [1.82, 2.24) is 4.98 Å². The van der Waals surface area contributed by atoms with E-state index in [9.17, 15) is 0 Å². The molecule has 3 rings (SSSR count). The molecule has 0 aliphatic rings. The molecule has 0 unspecified atom stereocenters. The van der Waals surface area contributed by atoms with Crippen molar-refractivity contribution < 1.29 is 0 Å². The Morgan fingerprint density at radius 1 is 1.05 bits per heavy atom. The molecular formula is C15H11BrClN3. The number of halogens is 2. The van der Waals surface area contributed by atoms with Crippen LogP contribution in [0.3, 0.4) is 0 Å². The molecule has 5 heteroatoms. The molecule has 0 bridgehead atoms. The third kappa shape index (κ3) is 2.32. The smallest absolute Gasteiger partial charge is 0.0596 e. The summed E-state index contributed by atoms with van der Waals surface area (Å²) in [6.45, 7) is 0. The van der Waals surface area contributed by atoms with Gasteiger partial charge in [-0.25, -0.2) is 0 Å². The van der Waals surface area contributed by atoms with Crippen LogP contribution in [0.4, 0.5) is 17.1 Å². The molecule has 3 nitrogen and oxygen atoms in total. The summed E-state index contributed by atoms with van der Waals surface area (Å²) in [6, 6.07) is 11.4. The van der Waals surface area contributed by atoms with E-state index < -0.39 is 0 Å². The van der Waals surface area contributed by atoms with Crippen molar-refractivity contribution in [3.05, 3.63) is 58.3 Å². The molecule has 0 aliphatic heterocycles. The summed E-state index contributed by atoms with van der Waals surface area (Å²) in [5.41, 5.74) is 8.55. The molecule has 3 aromatic rings. The topological polar surface area (TPSA) is 50.9 Å². The lowest BCUT2D eigenvalue weighted by atomic mass is 10.1. The van der Waals surface area contributed by atoms with Crippen LogP contribution >= 0.6 is 27.5 Å². The molecule has 0 amide bonds. The van der Waals surface area contributed by atoms with Crippen molar-refractivity contribution >= 4 is 55.4 Å². The third-order valence-electron chi connectivity index (χ3n) is 3.07. The monoisotopic (exact) mass is 347 g/mol. The van der Waals surface area contributed by atoms with Crippen molar-refractivity contribution in [3.63, 3.8) is 0 Å². The Morgan fingerprint density at radius 3 is 2.75 bits per heavy atom. The van der Waals surface area contributed by atoms with Crippen LogP contribution in [0.25, 0.3) is 10.8 Å². The molecule has 0 fully saturated rings. The molecule has 0 spiro atoms. The number of hydrogen-bond donors (Lipinski definition) is 2. The van der Waals surface area contributed by atoms with Crippen molar-refractivity contribution in [2.75, 3.05) is 11.1 Å². The normalized spacial score (nSPS) is 10.7. The number of nitrogens with two attached hydrogens (primary N) is 1. The van der Waals surface area contributed by atoms with Crippen molar-refractivity contribution in [1.29, 1.82) is 0 Å². The zero-order chi connectivity index (χ0) is 14.1. The number of hydrogen-bond acceptors (Lipinski definition) is 3. The molecule has 3 N–H and O–H groups in total. The quantitative estimate of drug-likeness (QED) is 0.642. The highest BCUT2D eigenvalue weighted by Gasteiger charge is 2.08. The van der Waals surface area contributed by atoms with Gasteiger partial charge < -0.3 is 11.1 Å². The summed E-state index contributed by atoms with van der Waals surface area (Å²) in [5.74, 6) is 0. The van der Waals surface area contributed by atoms with Crippen LogP contribution in [0.5, 0.6) is 0 Å². The fourth-order valence-electron chi connectivity index (χ4n) is 2.07. The Hall–Kier alpha value is -1.78. The van der Waals surface area contributed by atoms with Gasteiger partial charge in [-0.1, -0.05) is 17.7 Å². The molecule has 0 aliphatic carbocycles. The third-order valence-corrected chi connectivity index (χ3v) is 4.47. The Kier molecular flexibility index (Phi) is 3.51. The van der Waals surface area contributed by atoms with Crippen molar-refractivity contribution in [3.8, 4) is 0 Å². The second-order valence-corrected chi connectivity index (χ2v) is 5.55. The second kappa shape index (κ2) is 5.31. The summed E-state index contributed by atoms with van der Waals surface area (Å²) >= 11 is 9.59. The van der Waals surface area contributed by atoms with Crippen LogP contribution in [0.1, 0.15) is 0 Å². The number of nitrogen functional groups attached to an aromatic ring is 1. The van der Waals surface area contributed by atoms with E-state index in [0.29, 0.717) is 5.02 Å². The zero-order valence-corrected chi connectivity index (χ0v) is 12.7. The Labute approximate surface area is 129 Å². The minimum absolute atomic E-state index is 0.660. The lowest BCUT2D eigenvalue weighted by Gasteiger charge is -2.13. The van der Waals surface area contributed by atoms with Gasteiger partial charge in [0.15, 0.2) is 0 Å². The number of nitrogens with zero attached hydrogens (tertiary/aromatic N) is 1. The van der Waals surface area contributed by atoms with Crippen LogP contribution in [-0.4, -0.2) is 4.98 Å². The van der Waals surface area contributed by atoms with Crippen LogP contribution in [0.2, 0.25) is 5.02 Å². The van der Waals surface area contributed by atoms with Crippen LogP contribution in [-0.2, 0) is 0 Å². The van der Waals surface area contributed by atoms with Gasteiger partial charge in [0.2, 0.25) is 0 Å². The first-order valence-electron chi connectivity index (χ1n) is 6.00. The first kappa shape index (κ1) is 13.2. The summed E-state index contributed by atoms with van der Waals surface area (Å²) in [5, 5.41) is 5.96. The first-order valence-corrected chi connectivity index (χ1v) is 7.17. The molecule has 100 valence electrons. The maximum absolute atomic E-state index is 6.10. The standard InChI is InChI=1S/C15H11BrClN3/c16-15-11(17)2-1-3-14(15)20-13-5-4-12(18)9-6-7-19-8-10(9)13/h1-8,20H,18H2. The highest BCUT2D eigenvalue weighted by atomic mass is 79.9. The number of benzene rings is 2. The van der Waals surface area contributed by atoms with Crippen molar-refractivity contribution in [2.24, 2.45) is 0 Å². The van der Waals surface area contributed by atoms with Gasteiger partial charge in [-0.3, -0.25) is 4.98 Å². The molecule has 20 heavy (non-hydrogen) atoms. The number of aromatic nitrogens is 1. The molecule has 1 heterocycles. The maximum atomic E-state index is 6.10. The minimum atomic E-state index is 0.660. The Bertz CT molecular complexity index is 789. The molecule has 1 aromatic heterocycles. The number of pyridine rings is 1. The van der Waals surface area contributed by atoms with Crippen LogP contribution in [0.15, 0.2) is 53.3 Å². The van der Waals surface area contributed by atoms with E-state index in [0.717, 1.165) is 32.3 Å². The Morgan fingerprint density at radius 2 is 1.90 bits per heavy atom. The first-order chi connectivity index (χ1) is 9.66. The second-order valence-electron chi connectivity index (χ2n) is 4.35. The number of nitrogens with one attached hydrogen (secondary N) is 1. The van der Waals surface area contributed by atoms with Gasteiger partial charge >= 0.3 is 0 Å². The zero-order valence-electron chi connectivity index (χ0n) is 10.4. The maximum Gasteiger partial charge on any atom is 0.0596 e. The lowest BCUT2D eigenvalue weighted by molar-refractivity contribution is 1.36. The van der Waals surface area contributed by atoms with Crippen molar-refractivity contribution in [2.45, 2.75) is 0 Å². The average molecular weight is 349 g/mol. The minimum Gasteiger partial charge on any atom is -0.398 e. The number of rotatable bonds is 2. The number of fused-ring (bicyclic) bond motifs is 1. The van der Waals surface area contributed by atoms with Gasteiger partial charge in [-0.15, -0.1) is 0 Å². The van der Waals surface area contributed by atoms with Crippen LogP contribution in [0, 0.1) is 0 Å². The molecule has 0 saturated heterocycles. The summed E-state index contributed by atoms with van der Waals surface area (Å²) < 4.78 is 0.829. The van der Waals surface area contributed by atoms with E-state index >= 15 is 0 Å². The highest BCUT2D eigenvalue weighted by Crippen LogP contribution is 2.35. The van der Waals surface area contributed by atoms with E-state index in [2.05, 4.69) is 26.2 Å². The van der Waals surface area contributed by atoms with Gasteiger partial charge in [0.25, 0.3) is 0 Å². The molecule has 2 aromatic carbocycles. The Balaban J connectivity index is 2.12. The molecular weight excluding hydrogens is 338 g/mol. The van der Waals surface area contributed by atoms with E-state index in [1.807, 2.05) is 36.4 Å². The lowest BCUT2D eigenvalue weighted by Crippen LogP contribution is -1.95. The summed E-state index contributed by atoms with van der Waals surface area (Å²) in [6.07, 6.45) is 3.53. The van der Waals surface area contributed by atoms with Gasteiger partial charge in [0, 0.05) is 34.5 Å². The predicted octanol–water partition coefficient (Wildman–Crippen LogP) is 4.98. The number of anilines is 3. The molecule has 0 saturated carbocycles. The largest absolute Gasteiger partial charge is 0.398 e. The van der Waals surface area contributed by atoms with E-state index in [1.165, 1.54) is 0 Å². The highest BCUT2D eigenvalue weighted by molar-refractivity contribution is 9.10.